The van der Waals surface area contributed by atoms with Crippen molar-refractivity contribution in [1.29, 1.82) is 0 Å². The van der Waals surface area contributed by atoms with E-state index in [9.17, 15) is 4.79 Å². The molecule has 25 heavy (non-hydrogen) atoms. The third kappa shape index (κ3) is 4.02. The molecule has 0 saturated carbocycles. The third-order valence-electron chi connectivity index (χ3n) is 4.38. The van der Waals surface area contributed by atoms with E-state index in [0.29, 0.717) is 13.2 Å². The van der Waals surface area contributed by atoms with Crippen LogP contribution in [0.25, 0.3) is 0 Å². The number of benzene rings is 1. The first-order chi connectivity index (χ1) is 11.8. The van der Waals surface area contributed by atoms with Crippen molar-refractivity contribution in [3.05, 3.63) is 47.8 Å². The highest BCUT2D eigenvalue weighted by atomic mass is 16.6. The van der Waals surface area contributed by atoms with Gasteiger partial charge in [0.1, 0.15) is 6.61 Å². The summed E-state index contributed by atoms with van der Waals surface area (Å²) in [6.07, 6.45) is 3.71. The zero-order chi connectivity index (χ0) is 18.0. The molecule has 0 aliphatic carbocycles. The Bertz CT molecular complexity index is 748. The summed E-state index contributed by atoms with van der Waals surface area (Å²) in [7, 11) is 0. The first-order valence-electron chi connectivity index (χ1n) is 8.66. The highest BCUT2D eigenvalue weighted by molar-refractivity contribution is 5.89. The van der Waals surface area contributed by atoms with E-state index in [-0.39, 0.29) is 17.7 Å². The smallest absolute Gasteiger partial charge is 0.414 e. The molecule has 1 saturated heterocycles. The molecule has 1 amide bonds. The van der Waals surface area contributed by atoms with Crippen LogP contribution in [-0.2, 0) is 16.8 Å². The summed E-state index contributed by atoms with van der Waals surface area (Å²) >= 11 is 0. The van der Waals surface area contributed by atoms with E-state index in [4.69, 9.17) is 4.74 Å². The van der Waals surface area contributed by atoms with Crippen molar-refractivity contribution in [2.45, 2.75) is 45.8 Å². The van der Waals surface area contributed by atoms with Crippen molar-refractivity contribution in [3.63, 3.8) is 0 Å². The topological polar surface area (TPSA) is 59.4 Å². The fraction of sp³-hybridized carbons (Fsp3) is 0.474. The first kappa shape index (κ1) is 17.5. The van der Waals surface area contributed by atoms with Gasteiger partial charge in [-0.05, 0) is 45.4 Å². The lowest BCUT2D eigenvalue weighted by atomic mass is 10.1. The van der Waals surface area contributed by atoms with Crippen LogP contribution in [0.3, 0.4) is 0 Å². The number of rotatable bonds is 5. The van der Waals surface area contributed by atoms with Gasteiger partial charge in [-0.2, -0.15) is 5.10 Å². The Morgan fingerprint density at radius 3 is 2.80 bits per heavy atom. The van der Waals surface area contributed by atoms with Gasteiger partial charge >= 0.3 is 6.09 Å². The summed E-state index contributed by atoms with van der Waals surface area (Å²) in [6.45, 7) is 10.3. The van der Waals surface area contributed by atoms with Crippen LogP contribution in [0.2, 0.25) is 0 Å². The highest BCUT2D eigenvalue weighted by Crippen LogP contribution is 2.23. The number of anilines is 1. The lowest BCUT2D eigenvalue weighted by Crippen LogP contribution is -2.24. The van der Waals surface area contributed by atoms with Crippen molar-refractivity contribution in [3.8, 4) is 0 Å². The molecule has 6 nitrogen and oxygen atoms in total. The zero-order valence-electron chi connectivity index (χ0n) is 15.3. The summed E-state index contributed by atoms with van der Waals surface area (Å²) in [5.41, 5.74) is 3.17. The molecule has 2 heterocycles. The Morgan fingerprint density at radius 2 is 2.16 bits per heavy atom. The van der Waals surface area contributed by atoms with Crippen molar-refractivity contribution < 1.29 is 9.53 Å². The average molecular weight is 342 g/mol. The van der Waals surface area contributed by atoms with Gasteiger partial charge in [0.15, 0.2) is 0 Å². The number of carbonyl (C=O) groups is 1. The minimum absolute atomic E-state index is 0.0114. The Hall–Kier alpha value is -2.34. The number of ether oxygens (including phenoxy) is 1. The maximum absolute atomic E-state index is 11.7. The van der Waals surface area contributed by atoms with E-state index >= 15 is 0 Å². The molecule has 1 fully saturated rings. The molecular formula is C19H26N4O2. The summed E-state index contributed by atoms with van der Waals surface area (Å²) < 4.78 is 7.00. The molecule has 1 aliphatic rings. The summed E-state index contributed by atoms with van der Waals surface area (Å²) in [5.74, 6) is 0. The number of hydrogen-bond donors (Lipinski definition) is 1. The number of nitrogens with one attached hydrogen (secondary N) is 1. The largest absolute Gasteiger partial charge is 0.447 e. The summed E-state index contributed by atoms with van der Waals surface area (Å²) in [5, 5.41) is 7.95. The lowest BCUT2D eigenvalue weighted by Gasteiger charge is -2.19. The molecule has 1 atom stereocenters. The number of hydrogen-bond acceptors (Lipinski definition) is 4. The monoisotopic (exact) mass is 342 g/mol. The van der Waals surface area contributed by atoms with Crippen LogP contribution in [0.15, 0.2) is 36.7 Å². The maximum atomic E-state index is 11.7. The molecule has 0 spiro atoms. The number of cyclic esters (lactones) is 1. The Kier molecular flexibility index (Phi) is 4.81. The minimum atomic E-state index is -0.271. The van der Waals surface area contributed by atoms with Crippen LogP contribution in [-0.4, -0.2) is 29.0 Å². The van der Waals surface area contributed by atoms with Crippen LogP contribution >= 0.6 is 0 Å². The second-order valence-electron chi connectivity index (χ2n) is 7.43. The molecule has 1 aromatic heterocycles. The molecular weight excluding hydrogens is 316 g/mol. The molecule has 0 radical (unpaired) electrons. The fourth-order valence-electron chi connectivity index (χ4n) is 2.80. The molecule has 1 N–H and O–H groups in total. The van der Waals surface area contributed by atoms with E-state index in [1.54, 1.807) is 4.90 Å². The Labute approximate surface area is 148 Å². The van der Waals surface area contributed by atoms with Gasteiger partial charge in [-0.1, -0.05) is 12.1 Å². The van der Waals surface area contributed by atoms with Gasteiger partial charge in [0.05, 0.1) is 18.3 Å². The zero-order valence-corrected chi connectivity index (χ0v) is 15.3. The van der Waals surface area contributed by atoms with Crippen LogP contribution in [0, 0.1) is 0 Å². The molecule has 134 valence electrons. The average Bonchev–Trinajstić information content (AvgIpc) is 3.21. The number of amides is 1. The lowest BCUT2D eigenvalue weighted by molar-refractivity contribution is 0.181. The quantitative estimate of drug-likeness (QED) is 0.904. The predicted molar refractivity (Wildman–Crippen MR) is 97.6 cm³/mol. The van der Waals surface area contributed by atoms with Crippen molar-refractivity contribution in [2.75, 3.05) is 18.1 Å². The van der Waals surface area contributed by atoms with Gasteiger partial charge in [-0.25, -0.2) is 4.79 Å². The summed E-state index contributed by atoms with van der Waals surface area (Å²) in [4.78, 5) is 13.4. The molecule has 3 rings (SSSR count). The van der Waals surface area contributed by atoms with Crippen molar-refractivity contribution in [1.82, 2.24) is 15.1 Å². The molecule has 0 bridgehead atoms. The molecule has 1 aromatic carbocycles. The third-order valence-corrected chi connectivity index (χ3v) is 4.38. The van der Waals surface area contributed by atoms with E-state index in [0.717, 1.165) is 23.4 Å². The standard InChI is InChI=1S/C19H26N4O2/c1-14(20-11-15-12-21-23(13-15)19(2,3)4)16-6-5-7-17(10-16)22-8-9-25-18(22)24/h5-7,10,12-14,20H,8-9,11H2,1-4H3/t14-/m0/s1. The normalized spacial score (nSPS) is 16.2. The Morgan fingerprint density at radius 1 is 1.36 bits per heavy atom. The number of nitrogens with zero attached hydrogens (tertiary/aromatic N) is 3. The van der Waals surface area contributed by atoms with Gasteiger partial charge in [0.25, 0.3) is 0 Å². The van der Waals surface area contributed by atoms with Crippen molar-refractivity contribution in [2.24, 2.45) is 0 Å². The van der Waals surface area contributed by atoms with E-state index in [1.165, 1.54) is 0 Å². The highest BCUT2D eigenvalue weighted by Gasteiger charge is 2.24. The van der Waals surface area contributed by atoms with Crippen LogP contribution < -0.4 is 10.2 Å². The molecule has 6 heteroatoms. The van der Waals surface area contributed by atoms with Gasteiger partial charge in [0, 0.05) is 30.0 Å². The molecule has 1 aliphatic heterocycles. The van der Waals surface area contributed by atoms with E-state index in [1.807, 2.05) is 29.1 Å². The first-order valence-corrected chi connectivity index (χ1v) is 8.66. The van der Waals surface area contributed by atoms with Gasteiger partial charge in [-0.3, -0.25) is 9.58 Å². The number of aromatic nitrogens is 2. The van der Waals surface area contributed by atoms with Crippen LogP contribution in [0.1, 0.15) is 44.9 Å². The SMILES string of the molecule is C[C@H](NCc1cnn(C(C)(C)C)c1)c1cccc(N2CCOC2=O)c1. The minimum Gasteiger partial charge on any atom is -0.447 e. The van der Waals surface area contributed by atoms with E-state index in [2.05, 4.69) is 50.4 Å². The van der Waals surface area contributed by atoms with Crippen LogP contribution in [0.5, 0.6) is 0 Å². The number of carbonyl (C=O) groups excluding carboxylic acids is 1. The van der Waals surface area contributed by atoms with E-state index < -0.39 is 0 Å². The predicted octanol–water partition coefficient (Wildman–Crippen LogP) is 3.45. The molecule has 2 aromatic rings. The summed E-state index contributed by atoms with van der Waals surface area (Å²) in [6, 6.07) is 8.20. The van der Waals surface area contributed by atoms with Gasteiger partial charge < -0.3 is 10.1 Å². The second-order valence-corrected chi connectivity index (χ2v) is 7.43. The Balaban J connectivity index is 1.64. The second kappa shape index (κ2) is 6.88. The molecule has 0 unspecified atom stereocenters. The fourth-order valence-corrected chi connectivity index (χ4v) is 2.80. The van der Waals surface area contributed by atoms with Crippen LogP contribution in [0.4, 0.5) is 10.5 Å². The maximum Gasteiger partial charge on any atom is 0.414 e. The van der Waals surface area contributed by atoms with Gasteiger partial charge in [0.2, 0.25) is 0 Å². The van der Waals surface area contributed by atoms with Gasteiger partial charge in [-0.15, -0.1) is 0 Å². The van der Waals surface area contributed by atoms with Crippen molar-refractivity contribution >= 4 is 11.8 Å².